The van der Waals surface area contributed by atoms with Crippen molar-refractivity contribution in [3.05, 3.63) is 34.3 Å². The number of hydrogen-bond acceptors (Lipinski definition) is 3. The molecule has 0 aliphatic heterocycles. The first-order valence-corrected chi connectivity index (χ1v) is 6.10. The number of rotatable bonds is 3. The van der Waals surface area contributed by atoms with Crippen molar-refractivity contribution in [2.45, 2.75) is 19.8 Å². The van der Waals surface area contributed by atoms with Crippen molar-refractivity contribution in [3.63, 3.8) is 0 Å². The lowest BCUT2D eigenvalue weighted by atomic mass is 9.84. The van der Waals surface area contributed by atoms with Crippen LogP contribution in [-0.2, 0) is 16.0 Å². The monoisotopic (exact) mass is 288 g/mol. The molecule has 1 aliphatic rings. The first-order valence-electron chi connectivity index (χ1n) is 5.72. The minimum Gasteiger partial charge on any atom is -0.465 e. The Kier molecular flexibility index (Phi) is 3.58. The van der Waals surface area contributed by atoms with E-state index in [4.69, 9.17) is 11.6 Å². The molecule has 0 spiro atoms. The zero-order valence-corrected chi connectivity index (χ0v) is 10.8. The van der Waals surface area contributed by atoms with E-state index in [0.717, 1.165) is 0 Å². The summed E-state index contributed by atoms with van der Waals surface area (Å²) in [5.41, 5.74) is -2.10. The van der Waals surface area contributed by atoms with Crippen molar-refractivity contribution in [1.29, 1.82) is 0 Å². The minimum absolute atomic E-state index is 0.00230. The molecule has 19 heavy (non-hydrogen) atoms. The van der Waals surface area contributed by atoms with Crippen molar-refractivity contribution in [2.75, 3.05) is 6.61 Å². The largest absolute Gasteiger partial charge is 0.465 e. The van der Waals surface area contributed by atoms with Gasteiger partial charge in [0.2, 0.25) is 0 Å². The van der Waals surface area contributed by atoms with Crippen LogP contribution in [0.5, 0.6) is 0 Å². The third-order valence-electron chi connectivity index (χ3n) is 3.21. The van der Waals surface area contributed by atoms with Crippen LogP contribution in [0.1, 0.15) is 22.8 Å². The molecule has 1 aliphatic carbocycles. The van der Waals surface area contributed by atoms with E-state index < -0.39 is 23.6 Å². The van der Waals surface area contributed by atoms with Gasteiger partial charge >= 0.3 is 5.97 Å². The average Bonchev–Trinajstić information content (AvgIpc) is 2.65. The summed E-state index contributed by atoms with van der Waals surface area (Å²) >= 11 is 5.86. The van der Waals surface area contributed by atoms with Gasteiger partial charge in [-0.2, -0.15) is 0 Å². The second kappa shape index (κ2) is 4.89. The summed E-state index contributed by atoms with van der Waals surface area (Å²) in [6.07, 6.45) is -3.51. The van der Waals surface area contributed by atoms with Gasteiger partial charge in [0.05, 0.1) is 11.6 Å². The van der Waals surface area contributed by atoms with Crippen molar-refractivity contribution >= 4 is 23.4 Å². The predicted molar refractivity (Wildman–Crippen MR) is 64.6 cm³/mol. The van der Waals surface area contributed by atoms with Gasteiger partial charge in [-0.1, -0.05) is 23.7 Å². The van der Waals surface area contributed by atoms with Crippen LogP contribution < -0.4 is 0 Å². The number of Topliss-reactive ketones (excluding diaryl/α,β-unsaturated/α-hetero) is 1. The first kappa shape index (κ1) is 13.9. The van der Waals surface area contributed by atoms with Crippen molar-refractivity contribution in [1.82, 2.24) is 0 Å². The van der Waals surface area contributed by atoms with Crippen LogP contribution in [-0.4, -0.2) is 24.8 Å². The van der Waals surface area contributed by atoms with Crippen LogP contribution >= 0.6 is 11.6 Å². The van der Waals surface area contributed by atoms with Gasteiger partial charge in [-0.15, -0.1) is 0 Å². The number of fused-ring (bicyclic) bond motifs is 1. The Bertz CT molecular complexity index is 545. The van der Waals surface area contributed by atoms with Crippen molar-refractivity contribution in [2.24, 2.45) is 5.41 Å². The summed E-state index contributed by atoms with van der Waals surface area (Å²) in [5.74, 6) is -2.15. The van der Waals surface area contributed by atoms with Gasteiger partial charge in [-0.25, -0.2) is 8.78 Å². The minimum atomic E-state index is -3.14. The molecule has 0 aromatic heterocycles. The van der Waals surface area contributed by atoms with Gasteiger partial charge in [0, 0.05) is 12.0 Å². The Morgan fingerprint density at radius 3 is 2.74 bits per heavy atom. The van der Waals surface area contributed by atoms with Crippen molar-refractivity contribution in [3.8, 4) is 0 Å². The fourth-order valence-corrected chi connectivity index (χ4v) is 2.54. The van der Waals surface area contributed by atoms with E-state index in [2.05, 4.69) is 4.74 Å². The number of alkyl halides is 2. The second-order valence-corrected chi connectivity index (χ2v) is 4.68. The fourth-order valence-electron chi connectivity index (χ4n) is 2.26. The predicted octanol–water partition coefficient (Wildman–Crippen LogP) is 2.89. The maximum Gasteiger partial charge on any atom is 0.326 e. The Morgan fingerprint density at radius 1 is 1.53 bits per heavy atom. The fraction of sp³-hybridized carbons (Fsp3) is 0.385. The number of carbonyl (C=O) groups excluding carboxylic acids is 2. The molecule has 1 atom stereocenters. The number of ether oxygens (including phenoxy) is 1. The molecule has 3 nitrogen and oxygen atoms in total. The lowest BCUT2D eigenvalue weighted by Crippen LogP contribution is -2.45. The third kappa shape index (κ3) is 1.92. The Morgan fingerprint density at radius 2 is 2.21 bits per heavy atom. The molecule has 0 amide bonds. The summed E-state index contributed by atoms with van der Waals surface area (Å²) < 4.78 is 31.4. The van der Waals surface area contributed by atoms with E-state index in [1.165, 1.54) is 19.1 Å². The molecule has 2 rings (SSSR count). The first-order chi connectivity index (χ1) is 8.95. The van der Waals surface area contributed by atoms with Gasteiger partial charge in [-0.3, -0.25) is 9.59 Å². The second-order valence-electron chi connectivity index (χ2n) is 4.27. The SMILES string of the molecule is CCOC(=O)C1(C(F)F)Cc2cccc(Cl)c2C1=O. The molecule has 0 N–H and O–H groups in total. The van der Waals surface area contributed by atoms with Crippen LogP contribution in [0.4, 0.5) is 8.78 Å². The number of esters is 1. The highest BCUT2D eigenvalue weighted by Crippen LogP contribution is 2.44. The molecule has 0 fully saturated rings. The quantitative estimate of drug-likeness (QED) is 0.634. The van der Waals surface area contributed by atoms with Gasteiger partial charge in [0.1, 0.15) is 0 Å². The molecule has 0 heterocycles. The molecule has 0 saturated carbocycles. The van der Waals surface area contributed by atoms with E-state index in [9.17, 15) is 18.4 Å². The molecular weight excluding hydrogens is 278 g/mol. The molecule has 1 unspecified atom stereocenters. The van der Waals surface area contributed by atoms with E-state index in [0.29, 0.717) is 5.56 Å². The molecule has 1 aromatic rings. The molecule has 0 bridgehead atoms. The van der Waals surface area contributed by atoms with Crippen LogP contribution in [0.3, 0.4) is 0 Å². The Balaban J connectivity index is 2.54. The van der Waals surface area contributed by atoms with E-state index in [-0.39, 0.29) is 23.6 Å². The standard InChI is InChI=1S/C13H11ClF2O3/c1-2-19-12(18)13(11(15)16)6-7-4-3-5-8(14)9(7)10(13)17/h3-5,11H,2,6H2,1H3. The Labute approximate surface area is 113 Å². The van der Waals surface area contributed by atoms with Gasteiger partial charge < -0.3 is 4.74 Å². The molecular formula is C13H11ClF2O3. The number of benzene rings is 1. The van der Waals surface area contributed by atoms with Gasteiger partial charge in [0.25, 0.3) is 6.43 Å². The number of carbonyl (C=O) groups is 2. The summed E-state index contributed by atoms with van der Waals surface area (Å²) in [6.45, 7) is 1.43. The average molecular weight is 289 g/mol. The summed E-state index contributed by atoms with van der Waals surface area (Å²) in [4.78, 5) is 24.1. The lowest BCUT2D eigenvalue weighted by molar-refractivity contribution is -0.159. The van der Waals surface area contributed by atoms with Crippen molar-refractivity contribution < 1.29 is 23.1 Å². The zero-order valence-electron chi connectivity index (χ0n) is 10.1. The number of ketones is 1. The van der Waals surface area contributed by atoms with Crippen LogP contribution in [0.25, 0.3) is 0 Å². The van der Waals surface area contributed by atoms with Crippen LogP contribution in [0, 0.1) is 5.41 Å². The maximum atomic E-state index is 13.4. The summed E-state index contributed by atoms with van der Waals surface area (Å²) in [7, 11) is 0. The van der Waals surface area contributed by atoms with Crippen LogP contribution in [0.15, 0.2) is 18.2 Å². The molecule has 1 aromatic carbocycles. The van der Waals surface area contributed by atoms with E-state index in [1.54, 1.807) is 6.07 Å². The molecule has 0 saturated heterocycles. The van der Waals surface area contributed by atoms with Gasteiger partial charge in [0.15, 0.2) is 11.2 Å². The maximum absolute atomic E-state index is 13.4. The van der Waals surface area contributed by atoms with Gasteiger partial charge in [-0.05, 0) is 18.6 Å². The number of hydrogen-bond donors (Lipinski definition) is 0. The topological polar surface area (TPSA) is 43.4 Å². The van der Waals surface area contributed by atoms with E-state index >= 15 is 0 Å². The highest BCUT2D eigenvalue weighted by molar-refractivity contribution is 6.35. The zero-order chi connectivity index (χ0) is 14.2. The Hall–Kier alpha value is -1.49. The van der Waals surface area contributed by atoms with Crippen LogP contribution in [0.2, 0.25) is 5.02 Å². The van der Waals surface area contributed by atoms with E-state index in [1.807, 2.05) is 0 Å². The smallest absolute Gasteiger partial charge is 0.326 e. The molecule has 102 valence electrons. The molecule has 0 radical (unpaired) electrons. The summed E-state index contributed by atoms with van der Waals surface area (Å²) in [6, 6.07) is 4.51. The lowest BCUT2D eigenvalue weighted by Gasteiger charge is -2.23. The summed E-state index contributed by atoms with van der Waals surface area (Å²) in [5, 5.41) is 0.0781. The highest BCUT2D eigenvalue weighted by atomic mass is 35.5. The number of halogens is 3. The third-order valence-corrected chi connectivity index (χ3v) is 3.53. The molecule has 6 heteroatoms. The normalized spacial score (nSPS) is 21.6. The highest BCUT2D eigenvalue weighted by Gasteiger charge is 2.60.